The predicted molar refractivity (Wildman–Crippen MR) is 94.3 cm³/mol. The van der Waals surface area contributed by atoms with Gasteiger partial charge in [0.2, 0.25) is 0 Å². The highest BCUT2D eigenvalue weighted by molar-refractivity contribution is 6.09. The fourth-order valence-corrected chi connectivity index (χ4v) is 4.87. The molecule has 0 bridgehead atoms. The lowest BCUT2D eigenvalue weighted by Crippen LogP contribution is -2.18. The van der Waals surface area contributed by atoms with Crippen LogP contribution in [-0.2, 0) is 13.0 Å². The Kier molecular flexibility index (Phi) is 2.19. The third-order valence-corrected chi connectivity index (χ3v) is 5.84. The number of carbonyl (C=O) groups excluding carboxylic acids is 1. The van der Waals surface area contributed by atoms with E-state index in [1.165, 1.54) is 33.5 Å². The Labute approximate surface area is 140 Å². The molecule has 2 aromatic carbocycles. The molecule has 2 N–H and O–H groups in total. The maximum atomic E-state index is 12.6. The van der Waals surface area contributed by atoms with Gasteiger partial charge in [0.15, 0.2) is 0 Å². The van der Waals surface area contributed by atoms with E-state index in [1.54, 1.807) is 0 Å². The molecule has 2 aliphatic carbocycles. The lowest BCUT2D eigenvalue weighted by atomic mass is 9.84. The van der Waals surface area contributed by atoms with Gasteiger partial charge >= 0.3 is 0 Å². The number of carbonyl (C=O) groups is 1. The van der Waals surface area contributed by atoms with Crippen LogP contribution in [0.3, 0.4) is 0 Å². The van der Waals surface area contributed by atoms with Gasteiger partial charge in [-0.15, -0.1) is 0 Å². The van der Waals surface area contributed by atoms with Crippen LogP contribution in [0.4, 0.5) is 5.69 Å². The zero-order chi connectivity index (χ0) is 15.8. The highest BCUT2D eigenvalue weighted by atomic mass is 16.1. The van der Waals surface area contributed by atoms with Gasteiger partial charge in [0.1, 0.15) is 0 Å². The Morgan fingerprint density at radius 1 is 1.00 bits per heavy atom. The number of amides is 1. The molecule has 0 saturated carbocycles. The highest BCUT2D eigenvalue weighted by Crippen LogP contribution is 2.53. The Morgan fingerprint density at radius 2 is 1.88 bits per heavy atom. The lowest BCUT2D eigenvalue weighted by Gasteiger charge is -2.17. The summed E-state index contributed by atoms with van der Waals surface area (Å²) in [5.41, 5.74) is 9.73. The van der Waals surface area contributed by atoms with Crippen LogP contribution in [0, 0.1) is 0 Å². The normalized spacial score (nSPS) is 23.9. The van der Waals surface area contributed by atoms with Crippen LogP contribution in [0.5, 0.6) is 0 Å². The van der Waals surface area contributed by atoms with Crippen molar-refractivity contribution in [1.82, 2.24) is 5.32 Å². The number of anilines is 1. The summed E-state index contributed by atoms with van der Waals surface area (Å²) in [5.74, 6) is 0.417. The van der Waals surface area contributed by atoms with Crippen molar-refractivity contribution in [1.29, 1.82) is 0 Å². The number of hydrogen-bond acceptors (Lipinski definition) is 2. The van der Waals surface area contributed by atoms with Gasteiger partial charge < -0.3 is 10.6 Å². The third-order valence-electron chi connectivity index (χ3n) is 5.84. The van der Waals surface area contributed by atoms with Crippen molar-refractivity contribution in [2.24, 2.45) is 0 Å². The van der Waals surface area contributed by atoms with Crippen molar-refractivity contribution in [3.05, 3.63) is 76.4 Å². The molecule has 0 radical (unpaired) electrons. The van der Waals surface area contributed by atoms with E-state index in [4.69, 9.17) is 0 Å². The molecule has 2 unspecified atom stereocenters. The minimum absolute atomic E-state index is 0.0829. The van der Waals surface area contributed by atoms with Crippen molar-refractivity contribution in [2.45, 2.75) is 24.9 Å². The van der Waals surface area contributed by atoms with Crippen molar-refractivity contribution >= 4 is 11.6 Å². The van der Waals surface area contributed by atoms with Gasteiger partial charge in [-0.05, 0) is 27.8 Å². The van der Waals surface area contributed by atoms with Crippen LogP contribution in [0.15, 0.2) is 48.6 Å². The van der Waals surface area contributed by atoms with Crippen LogP contribution in [0.25, 0.3) is 11.1 Å². The first-order valence-electron chi connectivity index (χ1n) is 8.52. The molecule has 6 rings (SSSR count). The van der Waals surface area contributed by atoms with Gasteiger partial charge in [-0.2, -0.15) is 0 Å². The highest BCUT2D eigenvalue weighted by Gasteiger charge is 2.41. The molecule has 2 aliphatic heterocycles. The second kappa shape index (κ2) is 4.18. The number of fused-ring (bicyclic) bond motifs is 10. The summed E-state index contributed by atoms with van der Waals surface area (Å²) in [5, 5.41) is 6.80. The summed E-state index contributed by atoms with van der Waals surface area (Å²) in [6, 6.07) is 8.80. The average Bonchev–Trinajstić information content (AvgIpc) is 3.27. The molecule has 2 atom stereocenters. The van der Waals surface area contributed by atoms with E-state index in [-0.39, 0.29) is 5.91 Å². The van der Waals surface area contributed by atoms with Gasteiger partial charge in [0.25, 0.3) is 5.91 Å². The molecule has 0 fully saturated rings. The monoisotopic (exact) mass is 312 g/mol. The van der Waals surface area contributed by atoms with Crippen LogP contribution < -0.4 is 10.6 Å². The molecule has 3 nitrogen and oxygen atoms in total. The first-order valence-corrected chi connectivity index (χ1v) is 8.52. The first kappa shape index (κ1) is 12.6. The first-order chi connectivity index (χ1) is 11.8. The Bertz CT molecular complexity index is 999. The summed E-state index contributed by atoms with van der Waals surface area (Å²) in [6.07, 6.45) is 9.64. The molecule has 24 heavy (non-hydrogen) atoms. The van der Waals surface area contributed by atoms with Gasteiger partial charge in [-0.3, -0.25) is 4.79 Å². The quantitative estimate of drug-likeness (QED) is 0.667. The van der Waals surface area contributed by atoms with Gasteiger partial charge in [-0.25, -0.2) is 0 Å². The van der Waals surface area contributed by atoms with E-state index in [1.807, 2.05) is 0 Å². The van der Waals surface area contributed by atoms with Gasteiger partial charge in [0.05, 0.1) is 11.6 Å². The number of nitrogens with one attached hydrogen (secondary N) is 2. The van der Waals surface area contributed by atoms with Crippen molar-refractivity contribution in [3.8, 4) is 11.1 Å². The van der Waals surface area contributed by atoms with Crippen molar-refractivity contribution < 1.29 is 4.79 Å². The minimum Gasteiger partial charge on any atom is -0.377 e. The molecule has 2 heterocycles. The topological polar surface area (TPSA) is 41.1 Å². The molecule has 116 valence electrons. The smallest absolute Gasteiger partial charge is 0.252 e. The molecule has 2 aromatic rings. The summed E-state index contributed by atoms with van der Waals surface area (Å²) >= 11 is 0. The fraction of sp³-hybridized carbons (Fsp3) is 0.190. The van der Waals surface area contributed by atoms with Crippen LogP contribution in [0.2, 0.25) is 0 Å². The van der Waals surface area contributed by atoms with Crippen LogP contribution in [0.1, 0.15) is 38.5 Å². The number of hydrogen-bond donors (Lipinski definition) is 2. The SMILES string of the molecule is O=C1NCc2c1c1c(c3c2C2C=CC=CC2N3)Cc2ccccc2-1. The van der Waals surface area contributed by atoms with E-state index in [9.17, 15) is 4.79 Å². The number of rotatable bonds is 0. The average molecular weight is 312 g/mol. The Morgan fingerprint density at radius 3 is 2.83 bits per heavy atom. The Balaban J connectivity index is 1.72. The maximum absolute atomic E-state index is 12.6. The molecule has 4 aliphatic rings. The van der Waals surface area contributed by atoms with E-state index >= 15 is 0 Å². The molecular weight excluding hydrogens is 296 g/mol. The summed E-state index contributed by atoms with van der Waals surface area (Å²) < 4.78 is 0. The summed E-state index contributed by atoms with van der Waals surface area (Å²) in [6.45, 7) is 0.647. The number of allylic oxidation sites excluding steroid dienone is 2. The molecule has 0 spiro atoms. The predicted octanol–water partition coefficient (Wildman–Crippen LogP) is 3.50. The largest absolute Gasteiger partial charge is 0.377 e. The standard InChI is InChI=1S/C21H16N2O/c24-21-19-15(10-22-21)18-13-7-3-4-8-16(13)23-20(18)14-9-11-5-1-2-6-12(11)17(14)19/h1-8,13,16,23H,9-10H2,(H,22,24). The van der Waals surface area contributed by atoms with Gasteiger partial charge in [0, 0.05) is 30.1 Å². The zero-order valence-electron chi connectivity index (χ0n) is 13.1. The number of benzene rings is 2. The van der Waals surface area contributed by atoms with Crippen molar-refractivity contribution in [2.75, 3.05) is 5.32 Å². The second-order valence-corrected chi connectivity index (χ2v) is 6.98. The summed E-state index contributed by atoms with van der Waals surface area (Å²) in [4.78, 5) is 12.6. The second-order valence-electron chi connectivity index (χ2n) is 6.98. The van der Waals surface area contributed by atoms with E-state index in [0.29, 0.717) is 18.5 Å². The van der Waals surface area contributed by atoms with E-state index < -0.39 is 0 Å². The van der Waals surface area contributed by atoms with Crippen LogP contribution >= 0.6 is 0 Å². The van der Waals surface area contributed by atoms with E-state index in [2.05, 4.69) is 59.2 Å². The molecule has 0 aromatic heterocycles. The molecule has 1 amide bonds. The zero-order valence-corrected chi connectivity index (χ0v) is 13.1. The van der Waals surface area contributed by atoms with E-state index in [0.717, 1.165) is 17.5 Å². The molecular formula is C21H16N2O. The van der Waals surface area contributed by atoms with Gasteiger partial charge in [-0.1, -0.05) is 48.6 Å². The van der Waals surface area contributed by atoms with Crippen LogP contribution in [-0.4, -0.2) is 11.9 Å². The molecule has 0 saturated heterocycles. The lowest BCUT2D eigenvalue weighted by molar-refractivity contribution is 0.0966. The maximum Gasteiger partial charge on any atom is 0.252 e. The third kappa shape index (κ3) is 1.37. The molecule has 3 heteroatoms. The van der Waals surface area contributed by atoms with Crippen molar-refractivity contribution in [3.63, 3.8) is 0 Å². The fourth-order valence-electron chi connectivity index (χ4n) is 4.87. The Hall–Kier alpha value is -2.81. The summed E-state index contributed by atoms with van der Waals surface area (Å²) in [7, 11) is 0. The minimum atomic E-state index is 0.0829.